The van der Waals surface area contributed by atoms with E-state index in [9.17, 15) is 0 Å². The molecular formula is C27H41ClO2. The fourth-order valence-corrected chi connectivity index (χ4v) is 4.02. The molecule has 0 fully saturated rings. The Kier molecular flexibility index (Phi) is 12.1. The van der Waals surface area contributed by atoms with Crippen LogP contribution >= 0.6 is 11.6 Å². The van der Waals surface area contributed by atoms with Gasteiger partial charge in [0.25, 0.3) is 0 Å². The van der Waals surface area contributed by atoms with E-state index in [0.717, 1.165) is 63.2 Å². The van der Waals surface area contributed by atoms with Crippen LogP contribution in [0.1, 0.15) is 90.5 Å². The highest BCUT2D eigenvalue weighted by Crippen LogP contribution is 2.31. The first-order valence-corrected chi connectivity index (χ1v) is 12.6. The molecule has 0 aromatic heterocycles. The van der Waals surface area contributed by atoms with Crippen LogP contribution in [0.15, 0.2) is 30.3 Å². The fourth-order valence-electron chi connectivity index (χ4n) is 3.87. The van der Waals surface area contributed by atoms with Crippen LogP contribution in [0.5, 0.6) is 11.5 Å². The lowest BCUT2D eigenvalue weighted by Gasteiger charge is -2.14. The Morgan fingerprint density at radius 2 is 1.53 bits per heavy atom. The lowest BCUT2D eigenvalue weighted by atomic mass is 10.0. The van der Waals surface area contributed by atoms with Gasteiger partial charge in [0.2, 0.25) is 0 Å². The highest BCUT2D eigenvalue weighted by molar-refractivity contribution is 6.20. The molecular weight excluding hydrogens is 392 g/mol. The predicted molar refractivity (Wildman–Crippen MR) is 131 cm³/mol. The minimum absolute atomic E-state index is 0.300. The van der Waals surface area contributed by atoms with Crippen molar-refractivity contribution in [3.8, 4) is 11.5 Å². The van der Waals surface area contributed by atoms with Crippen molar-refractivity contribution < 1.29 is 9.47 Å². The van der Waals surface area contributed by atoms with E-state index in [0.29, 0.717) is 5.38 Å². The first-order chi connectivity index (χ1) is 14.7. The maximum Gasteiger partial charge on any atom is 0.123 e. The zero-order valence-corrected chi connectivity index (χ0v) is 20.1. The highest BCUT2D eigenvalue weighted by Gasteiger charge is 2.09. The SMILES string of the molecule is CCCCCCCCOc1ccc2c(CC)c(OCCCCC(Cl)CC)ccc2c1. The smallest absolute Gasteiger partial charge is 0.123 e. The molecule has 0 aliphatic carbocycles. The Morgan fingerprint density at radius 3 is 2.30 bits per heavy atom. The number of rotatable bonds is 16. The minimum atomic E-state index is 0.300. The Balaban J connectivity index is 1.87. The Bertz CT molecular complexity index is 728. The van der Waals surface area contributed by atoms with Crippen LogP contribution in [0.4, 0.5) is 0 Å². The van der Waals surface area contributed by atoms with Gasteiger partial charge in [-0.2, -0.15) is 0 Å². The van der Waals surface area contributed by atoms with Crippen molar-refractivity contribution in [2.24, 2.45) is 0 Å². The Labute approximate surface area is 189 Å². The molecule has 1 unspecified atom stereocenters. The molecule has 0 N–H and O–H groups in total. The number of unbranched alkanes of at least 4 members (excludes halogenated alkanes) is 6. The summed E-state index contributed by atoms with van der Waals surface area (Å²) in [6.07, 6.45) is 13.0. The molecule has 0 bridgehead atoms. The lowest BCUT2D eigenvalue weighted by molar-refractivity contribution is 0.302. The number of ether oxygens (including phenoxy) is 2. The third kappa shape index (κ3) is 8.38. The normalized spacial score (nSPS) is 12.3. The van der Waals surface area contributed by atoms with Crippen LogP contribution in [0.2, 0.25) is 0 Å². The average molecular weight is 433 g/mol. The van der Waals surface area contributed by atoms with Gasteiger partial charge in [-0.3, -0.25) is 0 Å². The van der Waals surface area contributed by atoms with Gasteiger partial charge in [0.1, 0.15) is 11.5 Å². The molecule has 0 amide bonds. The van der Waals surface area contributed by atoms with Crippen molar-refractivity contribution in [3.63, 3.8) is 0 Å². The van der Waals surface area contributed by atoms with E-state index in [2.05, 4.69) is 51.1 Å². The summed E-state index contributed by atoms with van der Waals surface area (Å²) in [5.41, 5.74) is 1.29. The van der Waals surface area contributed by atoms with Crippen molar-refractivity contribution in [2.75, 3.05) is 13.2 Å². The zero-order valence-electron chi connectivity index (χ0n) is 19.4. The average Bonchev–Trinajstić information content (AvgIpc) is 2.77. The molecule has 0 heterocycles. The molecule has 0 aliphatic rings. The predicted octanol–water partition coefficient (Wildman–Crippen LogP) is 8.71. The molecule has 3 heteroatoms. The monoisotopic (exact) mass is 432 g/mol. The fraction of sp³-hybridized carbons (Fsp3) is 0.630. The summed E-state index contributed by atoms with van der Waals surface area (Å²) >= 11 is 6.20. The zero-order chi connectivity index (χ0) is 21.6. The number of benzene rings is 2. The van der Waals surface area contributed by atoms with Crippen molar-refractivity contribution in [1.82, 2.24) is 0 Å². The second kappa shape index (κ2) is 14.6. The third-order valence-corrected chi connectivity index (χ3v) is 6.32. The van der Waals surface area contributed by atoms with Gasteiger partial charge >= 0.3 is 0 Å². The molecule has 30 heavy (non-hydrogen) atoms. The molecule has 0 radical (unpaired) electrons. The van der Waals surface area contributed by atoms with E-state index >= 15 is 0 Å². The summed E-state index contributed by atoms with van der Waals surface area (Å²) in [6.45, 7) is 8.16. The molecule has 2 aromatic carbocycles. The van der Waals surface area contributed by atoms with Crippen LogP contribution < -0.4 is 9.47 Å². The Hall–Kier alpha value is -1.41. The van der Waals surface area contributed by atoms with E-state index in [1.54, 1.807) is 0 Å². The van der Waals surface area contributed by atoms with Gasteiger partial charge in [-0.25, -0.2) is 0 Å². The van der Waals surface area contributed by atoms with Crippen molar-refractivity contribution in [3.05, 3.63) is 35.9 Å². The summed E-state index contributed by atoms with van der Waals surface area (Å²) in [5.74, 6) is 1.99. The summed E-state index contributed by atoms with van der Waals surface area (Å²) in [7, 11) is 0. The van der Waals surface area contributed by atoms with E-state index < -0.39 is 0 Å². The molecule has 2 aromatic rings. The van der Waals surface area contributed by atoms with Gasteiger partial charge < -0.3 is 9.47 Å². The molecule has 0 saturated carbocycles. The maximum absolute atomic E-state index is 6.20. The number of aryl methyl sites for hydroxylation is 1. The second-order valence-electron chi connectivity index (χ2n) is 8.24. The van der Waals surface area contributed by atoms with Gasteiger partial charge in [0.15, 0.2) is 0 Å². The first kappa shape index (κ1) is 24.9. The van der Waals surface area contributed by atoms with Crippen molar-refractivity contribution >= 4 is 22.4 Å². The number of fused-ring (bicyclic) bond motifs is 1. The van der Waals surface area contributed by atoms with E-state index in [1.165, 1.54) is 48.4 Å². The van der Waals surface area contributed by atoms with Gasteiger partial charge in [0, 0.05) is 10.9 Å². The number of alkyl halides is 1. The van der Waals surface area contributed by atoms with Crippen LogP contribution in [-0.2, 0) is 6.42 Å². The third-order valence-electron chi connectivity index (χ3n) is 5.79. The Morgan fingerprint density at radius 1 is 0.800 bits per heavy atom. The van der Waals surface area contributed by atoms with E-state index in [1.807, 2.05) is 0 Å². The largest absolute Gasteiger partial charge is 0.494 e. The van der Waals surface area contributed by atoms with E-state index in [-0.39, 0.29) is 0 Å². The summed E-state index contributed by atoms with van der Waals surface area (Å²) in [6, 6.07) is 10.7. The van der Waals surface area contributed by atoms with Crippen LogP contribution in [0, 0.1) is 0 Å². The van der Waals surface area contributed by atoms with Gasteiger partial charge in [-0.05, 0) is 67.5 Å². The topological polar surface area (TPSA) is 18.5 Å². The highest BCUT2D eigenvalue weighted by atomic mass is 35.5. The molecule has 0 spiro atoms. The standard InChI is InChI=1S/C27H41ClO2/c1-4-7-8-9-10-12-19-29-24-16-17-26-22(21-24)15-18-27(25(26)6-3)30-20-13-11-14-23(28)5-2/h15-18,21,23H,4-14,19-20H2,1-3H3. The minimum Gasteiger partial charge on any atom is -0.494 e. The number of halogens is 1. The lowest BCUT2D eigenvalue weighted by Crippen LogP contribution is -2.03. The molecule has 2 nitrogen and oxygen atoms in total. The first-order valence-electron chi connectivity index (χ1n) is 12.1. The number of hydrogen-bond donors (Lipinski definition) is 0. The summed E-state index contributed by atoms with van der Waals surface area (Å²) in [4.78, 5) is 0. The molecule has 1 atom stereocenters. The summed E-state index contributed by atoms with van der Waals surface area (Å²) in [5, 5.41) is 2.80. The molecule has 0 aliphatic heterocycles. The number of hydrogen-bond acceptors (Lipinski definition) is 2. The summed E-state index contributed by atoms with van der Waals surface area (Å²) < 4.78 is 12.1. The molecule has 0 saturated heterocycles. The van der Waals surface area contributed by atoms with Crippen LogP contribution in [0.3, 0.4) is 0 Å². The van der Waals surface area contributed by atoms with Gasteiger partial charge in [-0.15, -0.1) is 11.6 Å². The molecule has 168 valence electrons. The van der Waals surface area contributed by atoms with E-state index in [4.69, 9.17) is 21.1 Å². The van der Waals surface area contributed by atoms with Crippen LogP contribution in [0.25, 0.3) is 10.8 Å². The maximum atomic E-state index is 6.20. The van der Waals surface area contributed by atoms with Crippen molar-refractivity contribution in [1.29, 1.82) is 0 Å². The molecule has 2 rings (SSSR count). The van der Waals surface area contributed by atoms with Gasteiger partial charge in [0.05, 0.1) is 13.2 Å². The van der Waals surface area contributed by atoms with Crippen molar-refractivity contribution in [2.45, 2.75) is 96.8 Å². The van der Waals surface area contributed by atoms with Crippen LogP contribution in [-0.4, -0.2) is 18.6 Å². The van der Waals surface area contributed by atoms with Gasteiger partial charge in [-0.1, -0.05) is 65.0 Å². The quantitative estimate of drug-likeness (QED) is 0.195. The second-order valence-corrected chi connectivity index (χ2v) is 8.86.